The van der Waals surface area contributed by atoms with E-state index in [-0.39, 0.29) is 11.3 Å². The molecule has 0 saturated carbocycles. The van der Waals surface area contributed by atoms with Crippen molar-refractivity contribution < 1.29 is 22.4 Å². The summed E-state index contributed by atoms with van der Waals surface area (Å²) in [7, 11) is 0. The number of aromatic nitrogens is 1. The van der Waals surface area contributed by atoms with Crippen LogP contribution in [0.3, 0.4) is 0 Å². The molecule has 0 aliphatic heterocycles. The topological polar surface area (TPSA) is 81.2 Å². The molecule has 1 amide bonds. The predicted molar refractivity (Wildman–Crippen MR) is 83.7 cm³/mol. The molecule has 3 aromatic rings. The Bertz CT molecular complexity index is 943. The maximum atomic E-state index is 14.0. The van der Waals surface area contributed by atoms with Crippen molar-refractivity contribution in [3.05, 3.63) is 51.2 Å². The molecule has 9 heteroatoms. The largest absolute Gasteiger partial charge is 0.431 e. The number of hydrogen-bond donors (Lipinski definition) is 2. The van der Waals surface area contributed by atoms with Gasteiger partial charge in [-0.2, -0.15) is 0 Å². The normalized spacial score (nSPS) is 11.0. The van der Waals surface area contributed by atoms with Crippen LogP contribution in [-0.4, -0.2) is 10.9 Å². The van der Waals surface area contributed by atoms with Crippen LogP contribution in [-0.2, 0) is 0 Å². The van der Waals surface area contributed by atoms with E-state index in [9.17, 15) is 18.0 Å². The summed E-state index contributed by atoms with van der Waals surface area (Å²) in [6, 6.07) is 6.53. The van der Waals surface area contributed by atoms with E-state index in [1.807, 2.05) is 22.6 Å². The number of carbonyl (C=O) groups excluding carboxylic acids is 1. The van der Waals surface area contributed by atoms with Crippen LogP contribution in [0.5, 0.6) is 0 Å². The third-order valence-corrected chi connectivity index (χ3v) is 3.56. The first-order valence-corrected chi connectivity index (χ1v) is 7.17. The van der Waals surface area contributed by atoms with Crippen molar-refractivity contribution in [2.24, 2.45) is 5.73 Å². The fourth-order valence-electron chi connectivity index (χ4n) is 1.85. The minimum atomic E-state index is -1.36. The summed E-state index contributed by atoms with van der Waals surface area (Å²) in [5, 5.41) is 2.39. The number of rotatable bonds is 3. The van der Waals surface area contributed by atoms with Gasteiger partial charge in [-0.05, 0) is 40.8 Å². The van der Waals surface area contributed by atoms with Gasteiger partial charge >= 0.3 is 5.91 Å². The summed E-state index contributed by atoms with van der Waals surface area (Å²) in [6.07, 6.45) is 0. The van der Waals surface area contributed by atoms with Crippen LogP contribution in [0.4, 0.5) is 24.5 Å². The van der Waals surface area contributed by atoms with Crippen molar-refractivity contribution >= 4 is 51.0 Å². The minimum Gasteiger partial charge on any atom is -0.431 e. The van der Waals surface area contributed by atoms with Crippen molar-refractivity contribution in [3.63, 3.8) is 0 Å². The number of anilines is 2. The second kappa shape index (κ2) is 5.72. The van der Waals surface area contributed by atoms with Crippen LogP contribution < -0.4 is 11.1 Å². The summed E-state index contributed by atoms with van der Waals surface area (Å²) >= 11 is 1.91. The van der Waals surface area contributed by atoms with E-state index >= 15 is 0 Å². The van der Waals surface area contributed by atoms with Crippen molar-refractivity contribution in [2.45, 2.75) is 0 Å². The van der Waals surface area contributed by atoms with Gasteiger partial charge in [0, 0.05) is 3.57 Å². The molecule has 2 aromatic carbocycles. The van der Waals surface area contributed by atoms with Gasteiger partial charge in [0.1, 0.15) is 11.3 Å². The zero-order valence-electron chi connectivity index (χ0n) is 11.1. The smallest absolute Gasteiger partial charge is 0.304 e. The second-order valence-electron chi connectivity index (χ2n) is 4.44. The maximum Gasteiger partial charge on any atom is 0.304 e. The molecule has 0 spiro atoms. The van der Waals surface area contributed by atoms with Crippen molar-refractivity contribution in [2.75, 3.05) is 5.32 Å². The summed E-state index contributed by atoms with van der Waals surface area (Å²) in [5.74, 6) is -4.96. The first-order valence-electron chi connectivity index (χ1n) is 6.09. The molecule has 3 rings (SSSR count). The summed E-state index contributed by atoms with van der Waals surface area (Å²) in [6.45, 7) is 0. The number of benzene rings is 2. The fourth-order valence-corrected chi connectivity index (χ4v) is 2.31. The Balaban J connectivity index is 2.10. The van der Waals surface area contributed by atoms with Gasteiger partial charge in [0.2, 0.25) is 0 Å². The number of halogens is 4. The minimum absolute atomic E-state index is 0.0750. The number of amides is 1. The Labute approximate surface area is 140 Å². The van der Waals surface area contributed by atoms with Gasteiger partial charge in [-0.1, -0.05) is 0 Å². The van der Waals surface area contributed by atoms with Crippen molar-refractivity contribution in [1.29, 1.82) is 0 Å². The van der Waals surface area contributed by atoms with E-state index < -0.39 is 40.5 Å². The molecule has 23 heavy (non-hydrogen) atoms. The van der Waals surface area contributed by atoms with E-state index in [1.54, 1.807) is 6.07 Å². The zero-order chi connectivity index (χ0) is 16.7. The first-order chi connectivity index (χ1) is 10.9. The lowest BCUT2D eigenvalue weighted by Crippen LogP contribution is -2.10. The molecule has 5 nitrogen and oxygen atoms in total. The van der Waals surface area contributed by atoms with E-state index in [0.717, 1.165) is 0 Å². The molecule has 0 aliphatic rings. The Morgan fingerprint density at radius 2 is 2.04 bits per heavy atom. The number of primary amides is 1. The molecule has 0 unspecified atom stereocenters. The molecule has 1 heterocycles. The number of carbonyl (C=O) groups is 1. The Morgan fingerprint density at radius 1 is 1.30 bits per heavy atom. The van der Waals surface area contributed by atoms with E-state index in [0.29, 0.717) is 3.57 Å². The van der Waals surface area contributed by atoms with Crippen molar-refractivity contribution in [3.8, 4) is 0 Å². The highest BCUT2D eigenvalue weighted by Gasteiger charge is 2.21. The van der Waals surface area contributed by atoms with E-state index in [1.165, 1.54) is 12.1 Å². The molecule has 0 atom stereocenters. The molecule has 0 fully saturated rings. The lowest BCUT2D eigenvalue weighted by molar-refractivity contribution is 0.0969. The lowest BCUT2D eigenvalue weighted by Gasteiger charge is -2.09. The lowest BCUT2D eigenvalue weighted by atomic mass is 10.2. The van der Waals surface area contributed by atoms with Crippen LogP contribution in [0.2, 0.25) is 0 Å². The molecule has 117 valence electrons. The van der Waals surface area contributed by atoms with Crippen LogP contribution in [0.25, 0.3) is 11.1 Å². The Morgan fingerprint density at radius 3 is 2.70 bits per heavy atom. The number of hydrogen-bond acceptors (Lipinski definition) is 4. The van der Waals surface area contributed by atoms with Gasteiger partial charge in [-0.25, -0.2) is 18.2 Å². The quantitative estimate of drug-likeness (QED) is 0.622. The van der Waals surface area contributed by atoms with Gasteiger partial charge in [0.05, 0.1) is 17.4 Å². The molecule has 3 N–H and O–H groups in total. The van der Waals surface area contributed by atoms with Crippen LogP contribution in [0, 0.1) is 27.1 Å². The van der Waals surface area contributed by atoms with Gasteiger partial charge in [0.15, 0.2) is 17.2 Å². The van der Waals surface area contributed by atoms with Crippen LogP contribution in [0.1, 0.15) is 10.7 Å². The standard InChI is InChI=1S/C14H6F3IN3O2/c15-6-3-5(18)1-2-7(6)20-8-4-9-12(11(17)10(8)16)21-14(23-9)13(19)22/h1-3,20H,(H2,19,22). The average molecular weight is 432 g/mol. The highest BCUT2D eigenvalue weighted by atomic mass is 127. The van der Waals surface area contributed by atoms with Crippen LogP contribution in [0.15, 0.2) is 22.6 Å². The monoisotopic (exact) mass is 432 g/mol. The average Bonchev–Trinajstić information content (AvgIpc) is 2.91. The highest BCUT2D eigenvalue weighted by Crippen LogP contribution is 2.30. The molecule has 1 radical (unpaired) electrons. The van der Waals surface area contributed by atoms with Crippen molar-refractivity contribution in [1.82, 2.24) is 4.98 Å². The number of nitrogens with one attached hydrogen (secondary N) is 1. The molecule has 0 aliphatic carbocycles. The van der Waals surface area contributed by atoms with E-state index in [2.05, 4.69) is 16.4 Å². The third-order valence-electron chi connectivity index (χ3n) is 2.89. The zero-order valence-corrected chi connectivity index (χ0v) is 13.2. The summed E-state index contributed by atoms with van der Waals surface area (Å²) in [5.41, 5.74) is 3.57. The first kappa shape index (κ1) is 15.6. The van der Waals surface area contributed by atoms with Crippen LogP contribution >= 0.6 is 22.6 Å². The molecule has 0 bridgehead atoms. The summed E-state index contributed by atoms with van der Waals surface area (Å²) < 4.78 is 47.4. The Hall–Kier alpha value is -2.30. The molecule has 1 aromatic heterocycles. The number of nitrogens with two attached hydrogens (primary N) is 1. The SMILES string of the molecule is NC(=O)c1nc2c(F)c(F)c(Nc3ccc(I)cc3F)[c]c2o1. The fraction of sp³-hybridized carbons (Fsp3) is 0. The highest BCUT2D eigenvalue weighted by molar-refractivity contribution is 14.1. The predicted octanol–water partition coefficient (Wildman–Crippen LogP) is 3.49. The molecular formula is C14H6F3IN3O2. The molecule has 0 saturated heterocycles. The van der Waals surface area contributed by atoms with Gasteiger partial charge in [-0.3, -0.25) is 4.79 Å². The number of oxazole rings is 1. The summed E-state index contributed by atoms with van der Waals surface area (Å²) in [4.78, 5) is 14.4. The number of fused-ring (bicyclic) bond motifs is 1. The van der Waals surface area contributed by atoms with E-state index in [4.69, 9.17) is 10.2 Å². The van der Waals surface area contributed by atoms with Gasteiger partial charge < -0.3 is 15.5 Å². The van der Waals surface area contributed by atoms with Gasteiger partial charge in [-0.15, -0.1) is 0 Å². The Kier molecular flexibility index (Phi) is 3.88. The number of nitrogens with zero attached hydrogens (tertiary/aromatic N) is 1. The van der Waals surface area contributed by atoms with Gasteiger partial charge in [0.25, 0.3) is 5.89 Å². The second-order valence-corrected chi connectivity index (χ2v) is 5.68. The molecular weight excluding hydrogens is 426 g/mol. The third kappa shape index (κ3) is 2.83. The maximum absolute atomic E-state index is 14.0.